The van der Waals surface area contributed by atoms with Gasteiger partial charge in [0.1, 0.15) is 4.32 Å². The van der Waals surface area contributed by atoms with Gasteiger partial charge in [0.15, 0.2) is 0 Å². The lowest BCUT2D eigenvalue weighted by molar-refractivity contribution is -0.122. The predicted octanol–water partition coefficient (Wildman–Crippen LogP) is 6.39. The fraction of sp³-hybridized carbons (Fsp3) is 0.360. The van der Waals surface area contributed by atoms with E-state index in [2.05, 4.69) is 68.1 Å². The van der Waals surface area contributed by atoms with Crippen LogP contribution in [0.2, 0.25) is 0 Å². The molecule has 4 rings (SSSR count). The van der Waals surface area contributed by atoms with Crippen molar-refractivity contribution in [3.63, 3.8) is 0 Å². The second kappa shape index (κ2) is 8.20. The van der Waals surface area contributed by atoms with Gasteiger partial charge >= 0.3 is 0 Å². The Balaban J connectivity index is 1.90. The van der Waals surface area contributed by atoms with Crippen molar-refractivity contribution < 1.29 is 4.79 Å². The van der Waals surface area contributed by atoms with Gasteiger partial charge in [-0.05, 0) is 61.2 Å². The van der Waals surface area contributed by atoms with E-state index < -0.39 is 0 Å². The van der Waals surface area contributed by atoms with Crippen molar-refractivity contribution >= 4 is 50.7 Å². The molecule has 0 radical (unpaired) electrons. The number of likely N-dealkylation sites (N-methyl/N-ethyl adjacent to an activating group) is 2. The van der Waals surface area contributed by atoms with Crippen molar-refractivity contribution in [2.75, 3.05) is 18.0 Å². The average Bonchev–Trinajstić information content (AvgIpc) is 3.21. The van der Waals surface area contributed by atoms with Crippen LogP contribution in [-0.2, 0) is 10.2 Å². The Labute approximate surface area is 188 Å². The van der Waals surface area contributed by atoms with E-state index in [0.717, 1.165) is 19.4 Å². The van der Waals surface area contributed by atoms with Crippen LogP contribution in [0.3, 0.4) is 0 Å². The number of nitrogens with zero attached hydrogens (tertiary/aromatic N) is 2. The quantitative estimate of drug-likeness (QED) is 0.400. The molecule has 2 aliphatic rings. The van der Waals surface area contributed by atoms with Crippen LogP contribution in [0.15, 0.2) is 59.2 Å². The second-order valence-corrected chi connectivity index (χ2v) is 9.39. The van der Waals surface area contributed by atoms with Crippen LogP contribution in [0.5, 0.6) is 0 Å². The molecule has 2 heterocycles. The Morgan fingerprint density at radius 1 is 0.967 bits per heavy atom. The fourth-order valence-electron chi connectivity index (χ4n) is 5.00. The SMILES string of the molecule is CCN1C(=O)C(=CC=C2N(CC)c3ccc4ccccc4c3C2(CC)CC)SC1=S. The molecular formula is C25H28N2OS2. The summed E-state index contributed by atoms with van der Waals surface area (Å²) in [7, 11) is 0. The summed E-state index contributed by atoms with van der Waals surface area (Å²) in [5.41, 5.74) is 3.93. The molecule has 0 aliphatic carbocycles. The number of allylic oxidation sites excluding steroid dienone is 3. The maximum Gasteiger partial charge on any atom is 0.266 e. The topological polar surface area (TPSA) is 23.6 Å². The third-order valence-electron chi connectivity index (χ3n) is 6.56. The van der Waals surface area contributed by atoms with E-state index in [1.165, 1.54) is 39.5 Å². The third-order valence-corrected chi connectivity index (χ3v) is 7.96. The highest BCUT2D eigenvalue weighted by molar-refractivity contribution is 8.26. The Hall–Kier alpha value is -2.11. The molecule has 1 saturated heterocycles. The molecule has 156 valence electrons. The number of fused-ring (bicyclic) bond motifs is 3. The first-order valence-corrected chi connectivity index (χ1v) is 12.0. The summed E-state index contributed by atoms with van der Waals surface area (Å²) in [5.74, 6) is 0.0203. The predicted molar refractivity (Wildman–Crippen MR) is 133 cm³/mol. The molecule has 1 amide bonds. The van der Waals surface area contributed by atoms with Crippen LogP contribution in [-0.4, -0.2) is 28.2 Å². The highest BCUT2D eigenvalue weighted by atomic mass is 32.2. The number of carbonyl (C=O) groups excluding carboxylic acids is 1. The molecule has 30 heavy (non-hydrogen) atoms. The summed E-state index contributed by atoms with van der Waals surface area (Å²) in [6, 6.07) is 13.2. The number of rotatable bonds is 5. The normalized spacial score (nSPS) is 20.8. The zero-order valence-corrected chi connectivity index (χ0v) is 19.7. The summed E-state index contributed by atoms with van der Waals surface area (Å²) >= 11 is 6.79. The summed E-state index contributed by atoms with van der Waals surface area (Å²) in [6.45, 7) is 10.2. The largest absolute Gasteiger partial charge is 0.344 e. The van der Waals surface area contributed by atoms with Crippen LogP contribution >= 0.6 is 24.0 Å². The molecule has 0 atom stereocenters. The van der Waals surface area contributed by atoms with E-state index in [0.29, 0.717) is 15.8 Å². The highest BCUT2D eigenvalue weighted by Gasteiger charge is 2.45. The maximum absolute atomic E-state index is 12.7. The van der Waals surface area contributed by atoms with Crippen molar-refractivity contribution in [3.05, 3.63) is 64.7 Å². The minimum absolute atomic E-state index is 0.0203. The molecule has 0 spiro atoms. The van der Waals surface area contributed by atoms with Crippen LogP contribution < -0.4 is 4.90 Å². The van der Waals surface area contributed by atoms with Crippen LogP contribution in [0.25, 0.3) is 10.8 Å². The number of amides is 1. The minimum Gasteiger partial charge on any atom is -0.344 e. The first-order valence-electron chi connectivity index (χ1n) is 10.8. The van der Waals surface area contributed by atoms with Crippen molar-refractivity contribution in [1.82, 2.24) is 4.90 Å². The monoisotopic (exact) mass is 436 g/mol. The Kier molecular flexibility index (Phi) is 5.78. The van der Waals surface area contributed by atoms with Gasteiger partial charge in [0.2, 0.25) is 0 Å². The number of thioether (sulfide) groups is 1. The molecule has 2 aromatic rings. The van der Waals surface area contributed by atoms with Gasteiger partial charge in [-0.15, -0.1) is 0 Å². The molecule has 0 aromatic heterocycles. The fourth-order valence-corrected chi connectivity index (χ4v) is 6.33. The van der Waals surface area contributed by atoms with Crippen molar-refractivity contribution in [2.45, 2.75) is 46.0 Å². The van der Waals surface area contributed by atoms with Crippen molar-refractivity contribution in [2.24, 2.45) is 0 Å². The Bertz CT molecular complexity index is 1080. The van der Waals surface area contributed by atoms with Gasteiger partial charge in [-0.1, -0.05) is 68.2 Å². The van der Waals surface area contributed by atoms with Gasteiger partial charge in [0, 0.05) is 29.9 Å². The number of hydrogen-bond donors (Lipinski definition) is 0. The van der Waals surface area contributed by atoms with Gasteiger partial charge in [-0.2, -0.15) is 0 Å². The lowest BCUT2D eigenvalue weighted by Crippen LogP contribution is -2.30. The molecule has 0 unspecified atom stereocenters. The highest BCUT2D eigenvalue weighted by Crippen LogP contribution is 2.54. The summed E-state index contributed by atoms with van der Waals surface area (Å²) < 4.78 is 0.650. The van der Waals surface area contributed by atoms with E-state index >= 15 is 0 Å². The molecule has 2 aromatic carbocycles. The van der Waals surface area contributed by atoms with Gasteiger partial charge in [-0.25, -0.2) is 0 Å². The van der Waals surface area contributed by atoms with Crippen molar-refractivity contribution in [3.8, 4) is 0 Å². The molecule has 0 bridgehead atoms. The Morgan fingerprint density at radius 3 is 2.30 bits per heavy atom. The third kappa shape index (κ3) is 3.02. The molecule has 0 saturated carbocycles. The number of anilines is 1. The molecule has 5 heteroatoms. The zero-order valence-electron chi connectivity index (χ0n) is 18.1. The summed E-state index contributed by atoms with van der Waals surface area (Å²) in [5, 5.41) is 2.61. The molecule has 1 fully saturated rings. The minimum atomic E-state index is -0.0689. The number of benzene rings is 2. The standard InChI is InChI=1S/C25H28N2OS2/c1-5-25(6-2)21(16-15-20-23(28)27(8-4)24(29)30-20)26(7-3)19-14-13-17-11-9-10-12-18(17)22(19)25/h9-16H,5-8H2,1-4H3. The smallest absolute Gasteiger partial charge is 0.266 e. The van der Waals surface area contributed by atoms with E-state index in [4.69, 9.17) is 12.2 Å². The van der Waals surface area contributed by atoms with Gasteiger partial charge in [-0.3, -0.25) is 9.69 Å². The lowest BCUT2D eigenvalue weighted by Gasteiger charge is -2.32. The maximum atomic E-state index is 12.7. The first kappa shape index (κ1) is 21.1. The Morgan fingerprint density at radius 2 is 1.67 bits per heavy atom. The van der Waals surface area contributed by atoms with Crippen LogP contribution in [0.1, 0.15) is 46.1 Å². The number of thiocarbonyl (C=S) groups is 1. The summed E-state index contributed by atoms with van der Waals surface area (Å²) in [6.07, 6.45) is 6.18. The van der Waals surface area contributed by atoms with Gasteiger partial charge in [0.05, 0.1) is 4.91 Å². The van der Waals surface area contributed by atoms with E-state index in [9.17, 15) is 4.79 Å². The molecule has 3 nitrogen and oxygen atoms in total. The summed E-state index contributed by atoms with van der Waals surface area (Å²) in [4.78, 5) is 17.5. The first-order chi connectivity index (χ1) is 14.5. The van der Waals surface area contributed by atoms with Crippen LogP contribution in [0, 0.1) is 0 Å². The molecule has 0 N–H and O–H groups in total. The molecular weight excluding hydrogens is 408 g/mol. The van der Waals surface area contributed by atoms with E-state index in [1.807, 2.05) is 13.0 Å². The average molecular weight is 437 g/mol. The van der Waals surface area contributed by atoms with Gasteiger partial charge < -0.3 is 4.90 Å². The van der Waals surface area contributed by atoms with Gasteiger partial charge in [0.25, 0.3) is 5.91 Å². The lowest BCUT2D eigenvalue weighted by atomic mass is 9.73. The zero-order chi connectivity index (χ0) is 21.5. The van der Waals surface area contributed by atoms with E-state index in [-0.39, 0.29) is 11.3 Å². The van der Waals surface area contributed by atoms with E-state index in [1.54, 1.807) is 4.90 Å². The van der Waals surface area contributed by atoms with Crippen LogP contribution in [0.4, 0.5) is 5.69 Å². The van der Waals surface area contributed by atoms with Crippen molar-refractivity contribution in [1.29, 1.82) is 0 Å². The number of carbonyl (C=O) groups is 1. The molecule has 2 aliphatic heterocycles. The number of hydrogen-bond acceptors (Lipinski definition) is 4. The second-order valence-electron chi connectivity index (χ2n) is 7.71.